The lowest BCUT2D eigenvalue weighted by atomic mass is 10.1. The maximum Gasteiger partial charge on any atom is 0.293 e. The molecular weight excluding hydrogens is 324 g/mol. The predicted octanol–water partition coefficient (Wildman–Crippen LogP) is 3.56. The van der Waals surface area contributed by atoms with Crippen LogP contribution in [0.2, 0.25) is 0 Å². The van der Waals surface area contributed by atoms with Crippen molar-refractivity contribution >= 4 is 10.9 Å². The Bertz CT molecular complexity index is 1170. The van der Waals surface area contributed by atoms with E-state index in [2.05, 4.69) is 16.3 Å². The van der Waals surface area contributed by atoms with Crippen molar-refractivity contribution in [2.75, 3.05) is 0 Å². The average Bonchev–Trinajstić information content (AvgIpc) is 3.05. The first-order valence-electron chi connectivity index (χ1n) is 8.61. The smallest absolute Gasteiger partial charge is 0.265 e. The van der Waals surface area contributed by atoms with Crippen LogP contribution in [0.3, 0.4) is 0 Å². The summed E-state index contributed by atoms with van der Waals surface area (Å²) in [5, 5.41) is 9.77. The first-order valence-corrected chi connectivity index (χ1v) is 8.61. The van der Waals surface area contributed by atoms with Crippen LogP contribution >= 0.6 is 0 Å². The van der Waals surface area contributed by atoms with Crippen molar-refractivity contribution in [3.8, 4) is 5.69 Å². The van der Waals surface area contributed by atoms with Crippen LogP contribution in [0.25, 0.3) is 16.6 Å². The molecule has 0 spiro atoms. The molecular formula is C21H20N4O. The highest BCUT2D eigenvalue weighted by atomic mass is 16.1. The van der Waals surface area contributed by atoms with Crippen LogP contribution in [0, 0.1) is 20.8 Å². The number of benzene rings is 2. The molecule has 0 aliphatic rings. The zero-order chi connectivity index (χ0) is 18.3. The normalized spacial score (nSPS) is 11.2. The van der Waals surface area contributed by atoms with Gasteiger partial charge in [0.15, 0.2) is 0 Å². The van der Waals surface area contributed by atoms with E-state index >= 15 is 0 Å². The molecule has 0 radical (unpaired) electrons. The van der Waals surface area contributed by atoms with Crippen molar-refractivity contribution in [2.24, 2.45) is 0 Å². The topological polar surface area (TPSA) is 52.7 Å². The van der Waals surface area contributed by atoms with Gasteiger partial charge in [0, 0.05) is 5.39 Å². The Balaban J connectivity index is 1.92. The van der Waals surface area contributed by atoms with Crippen LogP contribution in [0.4, 0.5) is 0 Å². The quantitative estimate of drug-likeness (QED) is 0.571. The van der Waals surface area contributed by atoms with E-state index in [9.17, 15) is 4.79 Å². The van der Waals surface area contributed by atoms with E-state index in [-0.39, 0.29) is 5.56 Å². The second-order valence-electron chi connectivity index (χ2n) is 6.64. The lowest BCUT2D eigenvalue weighted by Crippen LogP contribution is -2.26. The second-order valence-corrected chi connectivity index (χ2v) is 6.64. The molecule has 0 amide bonds. The minimum atomic E-state index is -0.132. The predicted molar refractivity (Wildman–Crippen MR) is 103 cm³/mol. The summed E-state index contributed by atoms with van der Waals surface area (Å²) in [5.74, 6) is 0. The summed E-state index contributed by atoms with van der Waals surface area (Å²) in [6.45, 7) is 6.41. The molecule has 0 saturated carbocycles. The zero-order valence-electron chi connectivity index (χ0n) is 15.1. The Morgan fingerprint density at radius 1 is 1.00 bits per heavy atom. The van der Waals surface area contributed by atoms with E-state index in [4.69, 9.17) is 0 Å². The van der Waals surface area contributed by atoms with Gasteiger partial charge in [-0.15, -0.1) is 0 Å². The minimum absolute atomic E-state index is 0.132. The summed E-state index contributed by atoms with van der Waals surface area (Å²) in [6.07, 6.45) is 1.72. The Hall–Kier alpha value is -3.21. The van der Waals surface area contributed by atoms with E-state index < -0.39 is 0 Å². The SMILES string of the molecule is Cc1cccc(Cn2nc(C)c3cnn(-c4ccccc4C)c3c2=O)c1. The highest BCUT2D eigenvalue weighted by molar-refractivity contribution is 5.81. The van der Waals surface area contributed by atoms with E-state index in [1.807, 2.05) is 63.2 Å². The van der Waals surface area contributed by atoms with Gasteiger partial charge in [0.05, 0.1) is 24.1 Å². The third-order valence-electron chi connectivity index (χ3n) is 4.63. The van der Waals surface area contributed by atoms with Gasteiger partial charge in [-0.1, -0.05) is 48.0 Å². The van der Waals surface area contributed by atoms with Crippen molar-refractivity contribution in [2.45, 2.75) is 27.3 Å². The largest absolute Gasteiger partial charge is 0.293 e. The fourth-order valence-corrected chi connectivity index (χ4v) is 3.30. The lowest BCUT2D eigenvalue weighted by molar-refractivity contribution is 0.634. The highest BCUT2D eigenvalue weighted by Crippen LogP contribution is 2.19. The molecule has 0 bridgehead atoms. The maximum atomic E-state index is 13.2. The van der Waals surface area contributed by atoms with Crippen molar-refractivity contribution in [3.05, 3.63) is 87.5 Å². The van der Waals surface area contributed by atoms with Gasteiger partial charge in [0.2, 0.25) is 0 Å². The number of aromatic nitrogens is 4. The fourth-order valence-electron chi connectivity index (χ4n) is 3.30. The standard InChI is InChI=1S/C21H20N4O/c1-14-7-6-9-17(11-14)13-24-21(26)20-18(16(3)23-24)12-22-25(20)19-10-5-4-8-15(19)2/h4-12H,13H2,1-3H3. The molecule has 2 heterocycles. The van der Waals surface area contributed by atoms with Crippen LogP contribution in [0.1, 0.15) is 22.4 Å². The van der Waals surface area contributed by atoms with Gasteiger partial charge < -0.3 is 0 Å². The fraction of sp³-hybridized carbons (Fsp3) is 0.190. The third kappa shape index (κ3) is 2.71. The van der Waals surface area contributed by atoms with Crippen LogP contribution in [0.5, 0.6) is 0 Å². The number of aryl methyl sites for hydroxylation is 3. The van der Waals surface area contributed by atoms with Gasteiger partial charge in [-0.25, -0.2) is 9.36 Å². The molecule has 26 heavy (non-hydrogen) atoms. The summed E-state index contributed by atoms with van der Waals surface area (Å²) < 4.78 is 3.26. The minimum Gasteiger partial charge on any atom is -0.265 e. The summed E-state index contributed by atoms with van der Waals surface area (Å²) in [5.41, 5.74) is 5.43. The molecule has 130 valence electrons. The van der Waals surface area contributed by atoms with Crippen molar-refractivity contribution in [1.29, 1.82) is 0 Å². The number of hydrogen-bond acceptors (Lipinski definition) is 3. The molecule has 2 aromatic carbocycles. The number of para-hydroxylation sites is 1. The molecule has 2 aromatic heterocycles. The molecule has 5 nitrogen and oxygen atoms in total. The Morgan fingerprint density at radius 3 is 2.58 bits per heavy atom. The molecule has 0 atom stereocenters. The van der Waals surface area contributed by atoms with Crippen molar-refractivity contribution in [1.82, 2.24) is 19.6 Å². The van der Waals surface area contributed by atoms with Gasteiger partial charge in [0.25, 0.3) is 5.56 Å². The van der Waals surface area contributed by atoms with Crippen LogP contribution in [-0.4, -0.2) is 19.6 Å². The molecule has 0 fully saturated rings. The Labute approximate surface area is 151 Å². The third-order valence-corrected chi connectivity index (χ3v) is 4.63. The maximum absolute atomic E-state index is 13.2. The number of nitrogens with zero attached hydrogens (tertiary/aromatic N) is 4. The molecule has 0 aliphatic carbocycles. The molecule has 0 aliphatic heterocycles. The van der Waals surface area contributed by atoms with Gasteiger partial charge in [-0.05, 0) is 38.0 Å². The van der Waals surface area contributed by atoms with Gasteiger partial charge in [-0.3, -0.25) is 4.79 Å². The van der Waals surface area contributed by atoms with Crippen LogP contribution < -0.4 is 5.56 Å². The Kier molecular flexibility index (Phi) is 3.92. The molecule has 0 saturated heterocycles. The number of hydrogen-bond donors (Lipinski definition) is 0. The summed E-state index contributed by atoms with van der Waals surface area (Å²) in [6, 6.07) is 16.1. The van der Waals surface area contributed by atoms with E-state index in [0.717, 1.165) is 27.9 Å². The van der Waals surface area contributed by atoms with E-state index in [0.29, 0.717) is 12.1 Å². The number of rotatable bonds is 3. The first kappa shape index (κ1) is 16.3. The van der Waals surface area contributed by atoms with Gasteiger partial charge in [0.1, 0.15) is 5.52 Å². The van der Waals surface area contributed by atoms with Crippen molar-refractivity contribution in [3.63, 3.8) is 0 Å². The molecule has 4 rings (SSSR count). The van der Waals surface area contributed by atoms with Gasteiger partial charge in [-0.2, -0.15) is 10.2 Å². The molecule has 4 aromatic rings. The monoisotopic (exact) mass is 344 g/mol. The summed E-state index contributed by atoms with van der Waals surface area (Å²) >= 11 is 0. The summed E-state index contributed by atoms with van der Waals surface area (Å²) in [4.78, 5) is 13.2. The number of fused-ring (bicyclic) bond motifs is 1. The van der Waals surface area contributed by atoms with Crippen LogP contribution in [-0.2, 0) is 6.54 Å². The molecule has 0 N–H and O–H groups in total. The second kappa shape index (κ2) is 6.26. The van der Waals surface area contributed by atoms with Crippen LogP contribution in [0.15, 0.2) is 59.5 Å². The zero-order valence-corrected chi connectivity index (χ0v) is 15.1. The summed E-state index contributed by atoms with van der Waals surface area (Å²) in [7, 11) is 0. The Morgan fingerprint density at radius 2 is 1.81 bits per heavy atom. The van der Waals surface area contributed by atoms with Gasteiger partial charge >= 0.3 is 0 Å². The lowest BCUT2D eigenvalue weighted by Gasteiger charge is -2.10. The van der Waals surface area contributed by atoms with E-state index in [1.54, 1.807) is 10.9 Å². The average molecular weight is 344 g/mol. The van der Waals surface area contributed by atoms with E-state index in [1.165, 1.54) is 10.2 Å². The van der Waals surface area contributed by atoms with Crippen molar-refractivity contribution < 1.29 is 0 Å². The first-order chi connectivity index (χ1) is 12.5. The molecule has 5 heteroatoms. The molecule has 0 unspecified atom stereocenters. The highest BCUT2D eigenvalue weighted by Gasteiger charge is 2.16.